The van der Waals surface area contributed by atoms with Gasteiger partial charge in [-0.25, -0.2) is 9.97 Å². The summed E-state index contributed by atoms with van der Waals surface area (Å²) in [4.78, 5) is 13.1. The topological polar surface area (TPSA) is 62.7 Å². The average molecular weight is 285 g/mol. The third kappa shape index (κ3) is 5.38. The van der Waals surface area contributed by atoms with Gasteiger partial charge in [0.1, 0.15) is 17.5 Å². The molecule has 5 nitrogen and oxygen atoms in total. The minimum absolute atomic E-state index is 0.655. The van der Waals surface area contributed by atoms with Crippen molar-refractivity contribution in [3.05, 3.63) is 42.0 Å². The van der Waals surface area contributed by atoms with E-state index in [1.165, 1.54) is 0 Å². The molecule has 0 aliphatic rings. The summed E-state index contributed by atoms with van der Waals surface area (Å²) in [6, 6.07) is 7.82. The number of aromatic nitrogens is 3. The molecule has 2 heterocycles. The lowest BCUT2D eigenvalue weighted by Gasteiger charge is -2.11. The number of hydrogen-bond donors (Lipinski definition) is 2. The van der Waals surface area contributed by atoms with Crippen molar-refractivity contribution in [1.29, 1.82) is 0 Å². The van der Waals surface area contributed by atoms with E-state index in [1.54, 1.807) is 6.20 Å². The Hall–Kier alpha value is -2.17. The summed E-state index contributed by atoms with van der Waals surface area (Å²) >= 11 is 0. The second-order valence-electron chi connectivity index (χ2n) is 5.47. The van der Waals surface area contributed by atoms with Crippen LogP contribution in [0.15, 0.2) is 30.5 Å². The van der Waals surface area contributed by atoms with E-state index < -0.39 is 0 Å². The van der Waals surface area contributed by atoms with Gasteiger partial charge in [0.05, 0.1) is 12.2 Å². The highest BCUT2D eigenvalue weighted by Crippen LogP contribution is 2.12. The highest BCUT2D eigenvalue weighted by Gasteiger charge is 2.02. The van der Waals surface area contributed by atoms with E-state index in [2.05, 4.69) is 39.4 Å². The lowest BCUT2D eigenvalue weighted by atomic mass is 10.1. The molecule has 0 fully saturated rings. The van der Waals surface area contributed by atoms with E-state index in [-0.39, 0.29) is 0 Å². The monoisotopic (exact) mass is 285 g/mol. The van der Waals surface area contributed by atoms with Crippen LogP contribution in [0.4, 0.5) is 11.6 Å². The van der Waals surface area contributed by atoms with E-state index in [9.17, 15) is 0 Å². The summed E-state index contributed by atoms with van der Waals surface area (Å²) in [5, 5.41) is 6.64. The number of hydrogen-bond acceptors (Lipinski definition) is 5. The van der Waals surface area contributed by atoms with Crippen molar-refractivity contribution >= 4 is 11.6 Å². The van der Waals surface area contributed by atoms with Gasteiger partial charge in [-0.2, -0.15) is 0 Å². The van der Waals surface area contributed by atoms with Crippen LogP contribution in [0.2, 0.25) is 0 Å². The molecule has 2 rings (SSSR count). The van der Waals surface area contributed by atoms with Crippen LogP contribution >= 0.6 is 0 Å². The van der Waals surface area contributed by atoms with Crippen LogP contribution in [0.1, 0.15) is 31.8 Å². The first kappa shape index (κ1) is 15.2. The van der Waals surface area contributed by atoms with Crippen LogP contribution in [0.5, 0.6) is 0 Å². The fraction of sp³-hybridized carbons (Fsp3) is 0.438. The molecule has 2 aromatic heterocycles. The van der Waals surface area contributed by atoms with Crippen molar-refractivity contribution in [2.24, 2.45) is 5.92 Å². The number of nitrogens with one attached hydrogen (secondary N) is 2. The minimum Gasteiger partial charge on any atom is -0.370 e. The molecule has 0 bridgehead atoms. The van der Waals surface area contributed by atoms with Crippen LogP contribution in [0, 0.1) is 12.8 Å². The third-order valence-corrected chi connectivity index (χ3v) is 3.04. The molecule has 21 heavy (non-hydrogen) atoms. The Morgan fingerprint density at radius 3 is 2.52 bits per heavy atom. The van der Waals surface area contributed by atoms with E-state index >= 15 is 0 Å². The fourth-order valence-electron chi connectivity index (χ4n) is 1.92. The number of aryl methyl sites for hydroxylation is 1. The SMILES string of the molecule is Cc1nc(NCCC(C)C)cc(NCc2ccccn2)n1. The van der Waals surface area contributed by atoms with Gasteiger partial charge in [-0.05, 0) is 31.4 Å². The van der Waals surface area contributed by atoms with Crippen LogP contribution in [0.3, 0.4) is 0 Å². The predicted molar refractivity (Wildman–Crippen MR) is 86.3 cm³/mol. The minimum atomic E-state index is 0.655. The van der Waals surface area contributed by atoms with Crippen molar-refractivity contribution in [2.75, 3.05) is 17.2 Å². The Morgan fingerprint density at radius 2 is 1.86 bits per heavy atom. The highest BCUT2D eigenvalue weighted by atomic mass is 15.1. The standard InChI is InChI=1S/C16H23N5/c1-12(2)7-9-18-15-10-16(21-13(3)20-15)19-11-14-6-4-5-8-17-14/h4-6,8,10,12H,7,9,11H2,1-3H3,(H2,18,19,20,21). The van der Waals surface area contributed by atoms with Crippen LogP contribution in [-0.4, -0.2) is 21.5 Å². The summed E-state index contributed by atoms with van der Waals surface area (Å²) in [7, 11) is 0. The fourth-order valence-corrected chi connectivity index (χ4v) is 1.92. The molecule has 0 saturated heterocycles. The largest absolute Gasteiger partial charge is 0.370 e. The summed E-state index contributed by atoms with van der Waals surface area (Å²) in [6.45, 7) is 7.91. The lowest BCUT2D eigenvalue weighted by molar-refractivity contribution is 0.606. The number of anilines is 2. The summed E-state index contributed by atoms with van der Waals surface area (Å²) < 4.78 is 0. The molecule has 0 aliphatic carbocycles. The molecule has 0 unspecified atom stereocenters. The summed E-state index contributed by atoms with van der Waals surface area (Å²) in [5.74, 6) is 3.13. The molecule has 0 atom stereocenters. The van der Waals surface area contributed by atoms with Crippen LogP contribution in [-0.2, 0) is 6.54 Å². The van der Waals surface area contributed by atoms with Crippen molar-refractivity contribution in [2.45, 2.75) is 33.7 Å². The van der Waals surface area contributed by atoms with Crippen molar-refractivity contribution in [3.63, 3.8) is 0 Å². The molecule has 2 N–H and O–H groups in total. The second kappa shape index (κ2) is 7.57. The number of pyridine rings is 1. The molecular weight excluding hydrogens is 262 g/mol. The Morgan fingerprint density at radius 1 is 1.10 bits per heavy atom. The lowest BCUT2D eigenvalue weighted by Crippen LogP contribution is -2.09. The maximum Gasteiger partial charge on any atom is 0.132 e. The van der Waals surface area contributed by atoms with Gasteiger partial charge < -0.3 is 10.6 Å². The maximum absolute atomic E-state index is 4.41. The van der Waals surface area contributed by atoms with Gasteiger partial charge in [-0.3, -0.25) is 4.98 Å². The first-order valence-electron chi connectivity index (χ1n) is 7.37. The molecule has 112 valence electrons. The summed E-state index contributed by atoms with van der Waals surface area (Å²) in [5.41, 5.74) is 0.989. The Kier molecular flexibility index (Phi) is 5.49. The van der Waals surface area contributed by atoms with Gasteiger partial charge in [-0.15, -0.1) is 0 Å². The Balaban J connectivity index is 1.94. The van der Waals surface area contributed by atoms with Gasteiger partial charge in [0.25, 0.3) is 0 Å². The number of nitrogens with zero attached hydrogens (tertiary/aromatic N) is 3. The molecule has 0 spiro atoms. The zero-order chi connectivity index (χ0) is 15.1. The predicted octanol–water partition coefficient (Wildman–Crippen LogP) is 3.25. The third-order valence-electron chi connectivity index (χ3n) is 3.04. The van der Waals surface area contributed by atoms with Crippen LogP contribution in [0.25, 0.3) is 0 Å². The van der Waals surface area contributed by atoms with Crippen LogP contribution < -0.4 is 10.6 Å². The van der Waals surface area contributed by atoms with Gasteiger partial charge in [0.2, 0.25) is 0 Å². The van der Waals surface area contributed by atoms with Crippen molar-refractivity contribution < 1.29 is 0 Å². The normalized spacial score (nSPS) is 10.7. The zero-order valence-corrected chi connectivity index (χ0v) is 12.9. The quantitative estimate of drug-likeness (QED) is 0.817. The summed E-state index contributed by atoms with van der Waals surface area (Å²) in [6.07, 6.45) is 2.92. The molecule has 0 radical (unpaired) electrons. The molecule has 2 aromatic rings. The van der Waals surface area contributed by atoms with E-state index in [0.717, 1.165) is 36.1 Å². The molecule has 0 aromatic carbocycles. The van der Waals surface area contributed by atoms with E-state index in [0.29, 0.717) is 12.5 Å². The van der Waals surface area contributed by atoms with Crippen molar-refractivity contribution in [3.8, 4) is 0 Å². The zero-order valence-electron chi connectivity index (χ0n) is 12.9. The van der Waals surface area contributed by atoms with Gasteiger partial charge in [0, 0.05) is 18.8 Å². The Bertz CT molecular complexity index is 554. The molecule has 0 amide bonds. The average Bonchev–Trinajstić information content (AvgIpc) is 2.45. The van der Waals surface area contributed by atoms with Crippen molar-refractivity contribution in [1.82, 2.24) is 15.0 Å². The van der Waals surface area contributed by atoms with E-state index in [1.807, 2.05) is 31.2 Å². The first-order chi connectivity index (χ1) is 10.1. The van der Waals surface area contributed by atoms with E-state index in [4.69, 9.17) is 0 Å². The molecule has 0 saturated carbocycles. The molecular formula is C16H23N5. The maximum atomic E-state index is 4.41. The number of rotatable bonds is 7. The first-order valence-corrected chi connectivity index (χ1v) is 7.37. The molecule has 5 heteroatoms. The Labute approximate surface area is 126 Å². The highest BCUT2D eigenvalue weighted by molar-refractivity contribution is 5.47. The second-order valence-corrected chi connectivity index (χ2v) is 5.47. The van der Waals surface area contributed by atoms with Gasteiger partial charge in [0.15, 0.2) is 0 Å². The van der Waals surface area contributed by atoms with Gasteiger partial charge in [-0.1, -0.05) is 19.9 Å². The smallest absolute Gasteiger partial charge is 0.132 e. The molecule has 0 aliphatic heterocycles. The van der Waals surface area contributed by atoms with Gasteiger partial charge >= 0.3 is 0 Å².